The fraction of sp³-hybridized carbons (Fsp3) is 0.125. The van der Waals surface area contributed by atoms with Gasteiger partial charge in [-0.2, -0.15) is 0 Å². The number of aryl methyl sites for hydroxylation is 1. The summed E-state index contributed by atoms with van der Waals surface area (Å²) in [6, 6.07) is 7.68. The lowest BCUT2D eigenvalue weighted by Crippen LogP contribution is -2.16. The maximum Gasteiger partial charge on any atom is 0.275 e. The molecule has 21 heavy (non-hydrogen) atoms. The maximum atomic E-state index is 13.7. The van der Waals surface area contributed by atoms with Crippen LogP contribution in [-0.2, 0) is 0 Å². The Morgan fingerprint density at radius 3 is 3.00 bits per heavy atom. The summed E-state index contributed by atoms with van der Waals surface area (Å²) in [4.78, 5) is 16.2. The Kier molecular flexibility index (Phi) is 4.64. The van der Waals surface area contributed by atoms with Gasteiger partial charge in [0.25, 0.3) is 5.91 Å². The van der Waals surface area contributed by atoms with Crippen LogP contribution in [0.2, 0.25) is 0 Å². The van der Waals surface area contributed by atoms with Crippen LogP contribution in [0.15, 0.2) is 36.5 Å². The minimum Gasteiger partial charge on any atom is -0.384 e. The number of hydrogen-bond acceptors (Lipinski definition) is 3. The number of nitrogens with one attached hydrogen (secondary N) is 1. The van der Waals surface area contributed by atoms with E-state index in [0.29, 0.717) is 5.56 Å². The van der Waals surface area contributed by atoms with Crippen molar-refractivity contribution in [3.63, 3.8) is 0 Å². The highest BCUT2D eigenvalue weighted by molar-refractivity contribution is 6.04. The summed E-state index contributed by atoms with van der Waals surface area (Å²) in [6.07, 6.45) is 1.45. The first kappa shape index (κ1) is 14.7. The second-order valence-corrected chi connectivity index (χ2v) is 4.30. The van der Waals surface area contributed by atoms with Crippen molar-refractivity contribution in [1.82, 2.24) is 4.98 Å². The number of aliphatic hydroxyl groups excluding tert-OH is 1. The molecule has 5 heteroatoms. The van der Waals surface area contributed by atoms with Gasteiger partial charge in [0.1, 0.15) is 18.1 Å². The topological polar surface area (TPSA) is 62.2 Å². The molecule has 0 bridgehead atoms. The van der Waals surface area contributed by atoms with E-state index in [9.17, 15) is 9.18 Å². The molecule has 0 unspecified atom stereocenters. The molecule has 0 aliphatic rings. The molecule has 0 aliphatic carbocycles. The minimum absolute atomic E-state index is 0.0827. The average molecular weight is 284 g/mol. The van der Waals surface area contributed by atoms with E-state index in [1.165, 1.54) is 18.3 Å². The molecule has 0 spiro atoms. The highest BCUT2D eigenvalue weighted by Crippen LogP contribution is 2.17. The van der Waals surface area contributed by atoms with E-state index in [1.54, 1.807) is 25.1 Å². The van der Waals surface area contributed by atoms with Crippen molar-refractivity contribution < 1.29 is 14.3 Å². The van der Waals surface area contributed by atoms with E-state index in [-0.39, 0.29) is 18.0 Å². The lowest BCUT2D eigenvalue weighted by atomic mass is 10.1. The molecule has 2 rings (SSSR count). The first-order valence-corrected chi connectivity index (χ1v) is 6.24. The Morgan fingerprint density at radius 2 is 2.24 bits per heavy atom. The van der Waals surface area contributed by atoms with E-state index >= 15 is 0 Å². The van der Waals surface area contributed by atoms with Gasteiger partial charge in [0.15, 0.2) is 0 Å². The van der Waals surface area contributed by atoms with E-state index < -0.39 is 11.7 Å². The van der Waals surface area contributed by atoms with E-state index in [2.05, 4.69) is 22.1 Å². The van der Waals surface area contributed by atoms with E-state index in [4.69, 9.17) is 5.11 Å². The molecular formula is C16H13FN2O2. The maximum absolute atomic E-state index is 13.7. The van der Waals surface area contributed by atoms with Crippen molar-refractivity contribution in [3.8, 4) is 11.8 Å². The van der Waals surface area contributed by atoms with Crippen LogP contribution in [0.5, 0.6) is 0 Å². The third kappa shape index (κ3) is 3.65. The molecular weight excluding hydrogens is 271 g/mol. The number of nitrogens with zero attached hydrogens (tertiary/aromatic N) is 1. The zero-order chi connectivity index (χ0) is 15.2. The molecule has 0 atom stereocenters. The number of amides is 1. The Bertz CT molecular complexity index is 733. The summed E-state index contributed by atoms with van der Waals surface area (Å²) in [6.45, 7) is 1.48. The van der Waals surface area contributed by atoms with Gasteiger partial charge in [0.2, 0.25) is 0 Å². The number of rotatable bonds is 2. The number of benzene rings is 1. The highest BCUT2D eigenvalue weighted by atomic mass is 19.1. The van der Waals surface area contributed by atoms with Crippen molar-refractivity contribution in [2.45, 2.75) is 6.92 Å². The number of carbonyl (C=O) groups is 1. The lowest BCUT2D eigenvalue weighted by molar-refractivity contribution is 0.102. The van der Waals surface area contributed by atoms with Gasteiger partial charge in [-0.05, 0) is 36.8 Å². The first-order valence-electron chi connectivity index (χ1n) is 6.24. The normalized spacial score (nSPS) is 9.67. The molecule has 0 radical (unpaired) electrons. The van der Waals surface area contributed by atoms with Crippen molar-refractivity contribution in [1.29, 1.82) is 0 Å². The van der Waals surface area contributed by atoms with Crippen LogP contribution in [0.25, 0.3) is 0 Å². The monoisotopic (exact) mass is 284 g/mol. The molecule has 1 amide bonds. The predicted octanol–water partition coefficient (Wildman–Crippen LogP) is 2.13. The lowest BCUT2D eigenvalue weighted by Gasteiger charge is -2.08. The van der Waals surface area contributed by atoms with Crippen LogP contribution in [-0.4, -0.2) is 22.6 Å². The smallest absolute Gasteiger partial charge is 0.275 e. The van der Waals surface area contributed by atoms with Crippen molar-refractivity contribution in [2.24, 2.45) is 0 Å². The summed E-state index contributed by atoms with van der Waals surface area (Å²) in [5.41, 5.74) is 1.37. The fourth-order valence-corrected chi connectivity index (χ4v) is 1.74. The number of pyridine rings is 1. The average Bonchev–Trinajstić information content (AvgIpc) is 2.49. The van der Waals surface area contributed by atoms with Crippen molar-refractivity contribution >= 4 is 11.6 Å². The van der Waals surface area contributed by atoms with E-state index in [0.717, 1.165) is 5.56 Å². The molecule has 1 heterocycles. The zero-order valence-corrected chi connectivity index (χ0v) is 11.4. The number of anilines is 1. The molecule has 0 aliphatic heterocycles. The highest BCUT2D eigenvalue weighted by Gasteiger charge is 2.13. The molecule has 2 aromatic rings. The quantitative estimate of drug-likeness (QED) is 0.830. The molecule has 0 saturated carbocycles. The number of aliphatic hydroxyl groups is 1. The first-order chi connectivity index (χ1) is 10.1. The standard InChI is InChI=1S/C16H13FN2O2/c1-11-6-7-13(17)14(10-11)19-16(21)15-12(5-3-9-20)4-2-8-18-15/h2,4,6-8,10,20H,9H2,1H3,(H,19,21). The third-order valence-electron chi connectivity index (χ3n) is 2.69. The molecule has 106 valence electrons. The van der Waals surface area contributed by atoms with Crippen LogP contribution >= 0.6 is 0 Å². The molecule has 1 aromatic heterocycles. The summed E-state index contributed by atoms with van der Waals surface area (Å²) in [5.74, 6) is 4.02. The van der Waals surface area contributed by atoms with Crippen LogP contribution < -0.4 is 5.32 Å². The van der Waals surface area contributed by atoms with Crippen molar-refractivity contribution in [3.05, 3.63) is 59.2 Å². The Morgan fingerprint density at radius 1 is 1.43 bits per heavy atom. The summed E-state index contributed by atoms with van der Waals surface area (Å²) in [7, 11) is 0. The van der Waals surface area contributed by atoms with Gasteiger partial charge in [-0.3, -0.25) is 4.79 Å². The zero-order valence-electron chi connectivity index (χ0n) is 11.4. The number of halogens is 1. The number of carbonyl (C=O) groups excluding carboxylic acids is 1. The largest absolute Gasteiger partial charge is 0.384 e. The molecule has 4 nitrogen and oxygen atoms in total. The minimum atomic E-state index is -0.553. The van der Waals surface area contributed by atoms with E-state index in [1.807, 2.05) is 0 Å². The number of hydrogen-bond donors (Lipinski definition) is 2. The molecule has 2 N–H and O–H groups in total. The molecule has 0 fully saturated rings. The van der Waals surface area contributed by atoms with Gasteiger partial charge in [-0.15, -0.1) is 0 Å². The fourth-order valence-electron chi connectivity index (χ4n) is 1.74. The summed E-state index contributed by atoms with van der Waals surface area (Å²) in [5, 5.41) is 11.2. The Hall–Kier alpha value is -2.71. The Labute approximate surface area is 121 Å². The molecule has 1 aromatic carbocycles. The van der Waals surface area contributed by atoms with Crippen molar-refractivity contribution in [2.75, 3.05) is 11.9 Å². The summed E-state index contributed by atoms with van der Waals surface area (Å²) < 4.78 is 13.7. The number of aromatic nitrogens is 1. The van der Waals surface area contributed by atoms with Gasteiger partial charge in [0.05, 0.1) is 11.3 Å². The third-order valence-corrected chi connectivity index (χ3v) is 2.69. The Balaban J connectivity index is 2.31. The second kappa shape index (κ2) is 6.64. The van der Waals surface area contributed by atoms with Gasteiger partial charge in [-0.1, -0.05) is 17.9 Å². The van der Waals surface area contributed by atoms with Gasteiger partial charge < -0.3 is 10.4 Å². The second-order valence-electron chi connectivity index (χ2n) is 4.30. The van der Waals surface area contributed by atoms with Crippen LogP contribution in [0.1, 0.15) is 21.6 Å². The van der Waals surface area contributed by atoms with Gasteiger partial charge >= 0.3 is 0 Å². The van der Waals surface area contributed by atoms with Crippen LogP contribution in [0.4, 0.5) is 10.1 Å². The predicted molar refractivity (Wildman–Crippen MR) is 77.3 cm³/mol. The summed E-state index contributed by atoms with van der Waals surface area (Å²) >= 11 is 0. The van der Waals surface area contributed by atoms with Crippen LogP contribution in [0.3, 0.4) is 0 Å². The van der Waals surface area contributed by atoms with Gasteiger partial charge in [0, 0.05) is 6.20 Å². The SMILES string of the molecule is Cc1ccc(F)c(NC(=O)c2ncccc2C#CCO)c1. The van der Waals surface area contributed by atoms with Crippen LogP contribution in [0, 0.1) is 24.6 Å². The molecule has 0 saturated heterocycles. The van der Waals surface area contributed by atoms with Gasteiger partial charge in [-0.25, -0.2) is 9.37 Å².